The van der Waals surface area contributed by atoms with E-state index in [0.717, 1.165) is 35.4 Å². The molecule has 0 amide bonds. The van der Waals surface area contributed by atoms with Crippen molar-refractivity contribution in [3.8, 4) is 0 Å². The van der Waals surface area contributed by atoms with Crippen LogP contribution >= 0.6 is 27.3 Å². The second-order valence-electron chi connectivity index (χ2n) is 4.28. The predicted molar refractivity (Wildman–Crippen MR) is 72.8 cm³/mol. The Kier molecular flexibility index (Phi) is 4.73. The lowest BCUT2D eigenvalue weighted by atomic mass is 10.1. The molecule has 1 aromatic rings. The van der Waals surface area contributed by atoms with Gasteiger partial charge in [-0.3, -0.25) is 9.69 Å². The van der Waals surface area contributed by atoms with Crippen LogP contribution in [0.1, 0.15) is 22.5 Å². The summed E-state index contributed by atoms with van der Waals surface area (Å²) in [4.78, 5) is 15.1. The molecule has 1 aliphatic heterocycles. The molecule has 5 heteroatoms. The van der Waals surface area contributed by atoms with Crippen LogP contribution in [0.4, 0.5) is 0 Å². The van der Waals surface area contributed by atoms with Crippen molar-refractivity contribution in [2.45, 2.75) is 18.9 Å². The normalized spacial score (nSPS) is 17.6. The number of ether oxygens (including phenoxy) is 1. The molecule has 0 unspecified atom stereocenters. The molecule has 1 aromatic heterocycles. The molecule has 2 heterocycles. The van der Waals surface area contributed by atoms with Gasteiger partial charge in [0.25, 0.3) is 0 Å². The van der Waals surface area contributed by atoms with Gasteiger partial charge in [0.1, 0.15) is 0 Å². The highest BCUT2D eigenvalue weighted by molar-refractivity contribution is 9.10. The number of ketones is 1. The zero-order valence-corrected chi connectivity index (χ0v) is 12.2. The first-order valence-electron chi connectivity index (χ1n) is 5.72. The lowest BCUT2D eigenvalue weighted by Gasteiger charge is -2.30. The van der Waals surface area contributed by atoms with Gasteiger partial charge < -0.3 is 4.74 Å². The minimum Gasteiger partial charge on any atom is -0.381 e. The molecule has 0 N–H and O–H groups in total. The number of hydrogen-bond donors (Lipinski definition) is 0. The molecule has 0 radical (unpaired) electrons. The lowest BCUT2D eigenvalue weighted by molar-refractivity contribution is 0.0419. The molecule has 0 bridgehead atoms. The average molecular weight is 318 g/mol. The highest BCUT2D eigenvalue weighted by Gasteiger charge is 2.21. The molecule has 0 atom stereocenters. The van der Waals surface area contributed by atoms with E-state index in [2.05, 4.69) is 20.8 Å². The number of thiophene rings is 1. The van der Waals surface area contributed by atoms with Crippen molar-refractivity contribution < 1.29 is 9.53 Å². The van der Waals surface area contributed by atoms with Gasteiger partial charge in [-0.1, -0.05) is 0 Å². The van der Waals surface area contributed by atoms with E-state index < -0.39 is 0 Å². The Morgan fingerprint density at radius 2 is 2.29 bits per heavy atom. The van der Waals surface area contributed by atoms with Crippen LogP contribution in [0, 0.1) is 0 Å². The molecular weight excluding hydrogens is 302 g/mol. The number of likely N-dealkylation sites (N-methyl/N-ethyl adjacent to an activating group) is 1. The van der Waals surface area contributed by atoms with E-state index >= 15 is 0 Å². The molecule has 0 aliphatic carbocycles. The van der Waals surface area contributed by atoms with Crippen molar-refractivity contribution >= 4 is 33.0 Å². The lowest BCUT2D eigenvalue weighted by Crippen LogP contribution is -2.39. The molecule has 0 aromatic carbocycles. The number of nitrogens with zero attached hydrogens (tertiary/aromatic N) is 1. The minimum absolute atomic E-state index is 0.195. The maximum absolute atomic E-state index is 12.1. The van der Waals surface area contributed by atoms with Crippen LogP contribution in [-0.2, 0) is 4.74 Å². The van der Waals surface area contributed by atoms with Crippen LogP contribution in [0.25, 0.3) is 0 Å². The highest BCUT2D eigenvalue weighted by Crippen LogP contribution is 2.23. The largest absolute Gasteiger partial charge is 0.381 e. The summed E-state index contributed by atoms with van der Waals surface area (Å²) >= 11 is 4.90. The van der Waals surface area contributed by atoms with Crippen LogP contribution in [0.2, 0.25) is 0 Å². The molecule has 94 valence electrons. The third-order valence-corrected chi connectivity index (χ3v) is 4.96. The van der Waals surface area contributed by atoms with Gasteiger partial charge in [-0.25, -0.2) is 0 Å². The van der Waals surface area contributed by atoms with E-state index in [1.54, 1.807) is 0 Å². The minimum atomic E-state index is 0.195. The maximum Gasteiger partial charge on any atom is 0.187 e. The standard InChI is InChI=1S/C12H16BrNO2S/c1-14(9-2-5-16-6-3-9)8-11(15)12-10(13)4-7-17-12/h4,7,9H,2-3,5-6,8H2,1H3. The Balaban J connectivity index is 1.92. The predicted octanol–water partition coefficient (Wildman–Crippen LogP) is 2.80. The van der Waals surface area contributed by atoms with Gasteiger partial charge >= 0.3 is 0 Å². The van der Waals surface area contributed by atoms with Crippen LogP contribution in [-0.4, -0.2) is 43.5 Å². The summed E-state index contributed by atoms with van der Waals surface area (Å²) in [6, 6.07) is 2.40. The molecule has 3 nitrogen and oxygen atoms in total. The number of carbonyl (C=O) groups excluding carboxylic acids is 1. The number of Topliss-reactive ketones (excluding diaryl/α,β-unsaturated/α-hetero) is 1. The Bertz CT molecular complexity index is 388. The van der Waals surface area contributed by atoms with E-state index in [0.29, 0.717) is 12.6 Å². The van der Waals surface area contributed by atoms with E-state index in [1.807, 2.05) is 18.5 Å². The first-order chi connectivity index (χ1) is 8.18. The van der Waals surface area contributed by atoms with Gasteiger partial charge in [0, 0.05) is 23.7 Å². The fraction of sp³-hybridized carbons (Fsp3) is 0.583. The van der Waals surface area contributed by atoms with Crippen molar-refractivity contribution in [3.63, 3.8) is 0 Å². The van der Waals surface area contributed by atoms with Gasteiger partial charge in [-0.2, -0.15) is 0 Å². The summed E-state index contributed by atoms with van der Waals surface area (Å²) in [6.45, 7) is 2.11. The van der Waals surface area contributed by atoms with Crippen molar-refractivity contribution in [2.75, 3.05) is 26.8 Å². The van der Waals surface area contributed by atoms with Crippen molar-refractivity contribution in [2.24, 2.45) is 0 Å². The second kappa shape index (κ2) is 6.09. The number of rotatable bonds is 4. The molecule has 1 saturated heterocycles. The molecule has 0 saturated carbocycles. The van der Waals surface area contributed by atoms with Crippen LogP contribution in [0.3, 0.4) is 0 Å². The van der Waals surface area contributed by atoms with Gasteiger partial charge in [0.15, 0.2) is 5.78 Å². The van der Waals surface area contributed by atoms with Crippen LogP contribution in [0.15, 0.2) is 15.9 Å². The van der Waals surface area contributed by atoms with Gasteiger partial charge in [0.2, 0.25) is 0 Å². The van der Waals surface area contributed by atoms with Crippen LogP contribution in [0.5, 0.6) is 0 Å². The van der Waals surface area contributed by atoms with Gasteiger partial charge in [-0.15, -0.1) is 11.3 Å². The van der Waals surface area contributed by atoms with Gasteiger partial charge in [0.05, 0.1) is 11.4 Å². The highest BCUT2D eigenvalue weighted by atomic mass is 79.9. The quantitative estimate of drug-likeness (QED) is 0.800. The summed E-state index contributed by atoms with van der Waals surface area (Å²) < 4.78 is 6.24. The van der Waals surface area contributed by atoms with E-state index in [4.69, 9.17) is 4.74 Å². The zero-order valence-electron chi connectivity index (χ0n) is 9.82. The zero-order chi connectivity index (χ0) is 12.3. The maximum atomic E-state index is 12.1. The third kappa shape index (κ3) is 3.37. The first-order valence-corrected chi connectivity index (χ1v) is 7.40. The number of halogens is 1. The molecule has 17 heavy (non-hydrogen) atoms. The van der Waals surface area contributed by atoms with Crippen molar-refractivity contribution in [1.82, 2.24) is 4.90 Å². The summed E-state index contributed by atoms with van der Waals surface area (Å²) in [5.41, 5.74) is 0. The smallest absolute Gasteiger partial charge is 0.187 e. The summed E-state index contributed by atoms with van der Waals surface area (Å²) in [5, 5.41) is 1.94. The Morgan fingerprint density at radius 3 is 2.88 bits per heavy atom. The molecular formula is C12H16BrNO2S. The second-order valence-corrected chi connectivity index (χ2v) is 6.05. The summed E-state index contributed by atoms with van der Waals surface area (Å²) in [5.74, 6) is 0.195. The average Bonchev–Trinajstić information content (AvgIpc) is 2.76. The van der Waals surface area contributed by atoms with Crippen molar-refractivity contribution in [3.05, 3.63) is 20.8 Å². The SMILES string of the molecule is CN(CC(=O)c1sccc1Br)C1CCOCC1. The van der Waals surface area contributed by atoms with E-state index in [-0.39, 0.29) is 5.78 Å². The fourth-order valence-corrected chi connectivity index (χ4v) is 3.57. The van der Waals surface area contributed by atoms with Crippen molar-refractivity contribution in [1.29, 1.82) is 0 Å². The fourth-order valence-electron chi connectivity index (χ4n) is 2.05. The number of carbonyl (C=O) groups is 1. The number of hydrogen-bond acceptors (Lipinski definition) is 4. The molecule has 2 rings (SSSR count). The third-order valence-electron chi connectivity index (χ3n) is 3.08. The molecule has 1 aliphatic rings. The first kappa shape index (κ1) is 13.2. The topological polar surface area (TPSA) is 29.5 Å². The Labute approximate surface area is 114 Å². The monoisotopic (exact) mass is 317 g/mol. The Hall–Kier alpha value is -0.230. The van der Waals surface area contributed by atoms with Gasteiger partial charge in [-0.05, 0) is 47.3 Å². The van der Waals surface area contributed by atoms with E-state index in [1.165, 1.54) is 11.3 Å². The molecule has 1 fully saturated rings. The molecule has 0 spiro atoms. The Morgan fingerprint density at radius 1 is 1.59 bits per heavy atom. The summed E-state index contributed by atoms with van der Waals surface area (Å²) in [7, 11) is 2.02. The summed E-state index contributed by atoms with van der Waals surface area (Å²) in [6.07, 6.45) is 2.05. The van der Waals surface area contributed by atoms with E-state index in [9.17, 15) is 4.79 Å². The van der Waals surface area contributed by atoms with Crippen LogP contribution < -0.4 is 0 Å².